The van der Waals surface area contributed by atoms with Crippen LogP contribution in [0.4, 0.5) is 0 Å². The van der Waals surface area contributed by atoms with Crippen molar-refractivity contribution in [2.75, 3.05) is 0 Å². The lowest BCUT2D eigenvalue weighted by molar-refractivity contribution is 0.685. The maximum absolute atomic E-state index is 12.9. The Kier molecular flexibility index (Phi) is 2.36. The molecule has 0 N–H and O–H groups in total. The van der Waals surface area contributed by atoms with Gasteiger partial charge in [-0.15, -0.1) is 0 Å². The van der Waals surface area contributed by atoms with E-state index in [-0.39, 0.29) is 0 Å². The van der Waals surface area contributed by atoms with E-state index in [1.165, 1.54) is 21.5 Å². The molecule has 5 rings (SSSR count). The van der Waals surface area contributed by atoms with Crippen molar-refractivity contribution in [3.05, 3.63) is 72.8 Å². The Bertz CT molecular complexity index is 1010. The smallest absolute Gasteiger partial charge is 0.0862 e. The van der Waals surface area contributed by atoms with E-state index in [1.54, 1.807) is 0 Å². The summed E-state index contributed by atoms with van der Waals surface area (Å²) in [6.07, 6.45) is 0. The predicted octanol–water partition coefficient (Wildman–Crippen LogP) is 5.14. The molecule has 2 heteroatoms. The fourth-order valence-corrected chi connectivity index (χ4v) is 4.86. The average molecular weight is 300 g/mol. The standard InChI is InChI=1S/C20H12OS/c21-22-17-11-9-13-5-1-3-7-15(13)19(17)20-16-8-4-2-6-14(16)10-12-18(20)22/h1-12H. The van der Waals surface area contributed by atoms with Crippen LogP contribution < -0.4 is 0 Å². The number of hydrogen-bond donors (Lipinski definition) is 0. The van der Waals surface area contributed by atoms with Gasteiger partial charge in [0.15, 0.2) is 0 Å². The lowest BCUT2D eigenvalue weighted by Gasteiger charge is -2.08. The van der Waals surface area contributed by atoms with Crippen LogP contribution in [0.25, 0.3) is 32.7 Å². The molecule has 0 radical (unpaired) electrons. The summed E-state index contributed by atoms with van der Waals surface area (Å²) >= 11 is 0. The molecular formula is C20H12OS. The Morgan fingerprint density at radius 1 is 0.545 bits per heavy atom. The van der Waals surface area contributed by atoms with E-state index in [9.17, 15) is 4.21 Å². The van der Waals surface area contributed by atoms with Crippen LogP contribution in [0.5, 0.6) is 0 Å². The Morgan fingerprint density at radius 3 is 1.50 bits per heavy atom. The van der Waals surface area contributed by atoms with Gasteiger partial charge >= 0.3 is 0 Å². The monoisotopic (exact) mass is 300 g/mol. The van der Waals surface area contributed by atoms with Gasteiger partial charge in [0, 0.05) is 11.1 Å². The summed E-state index contributed by atoms with van der Waals surface area (Å²) in [5.41, 5.74) is 2.28. The number of fused-ring (bicyclic) bond motifs is 7. The van der Waals surface area contributed by atoms with Crippen LogP contribution in [0.3, 0.4) is 0 Å². The van der Waals surface area contributed by atoms with E-state index in [1.807, 2.05) is 24.3 Å². The number of rotatable bonds is 0. The lowest BCUT2D eigenvalue weighted by Crippen LogP contribution is -1.85. The minimum atomic E-state index is -1.08. The van der Waals surface area contributed by atoms with Crippen LogP contribution in [0.15, 0.2) is 82.6 Å². The second-order valence-corrected chi connectivity index (χ2v) is 7.01. The molecule has 0 saturated carbocycles. The average Bonchev–Trinajstić information content (AvgIpc) is 2.88. The van der Waals surface area contributed by atoms with Crippen molar-refractivity contribution in [3.63, 3.8) is 0 Å². The molecule has 0 unspecified atom stereocenters. The van der Waals surface area contributed by atoms with Gasteiger partial charge in [0.05, 0.1) is 20.6 Å². The van der Waals surface area contributed by atoms with Crippen molar-refractivity contribution < 1.29 is 4.21 Å². The lowest BCUT2D eigenvalue weighted by atomic mass is 9.94. The summed E-state index contributed by atoms with van der Waals surface area (Å²) in [4.78, 5) is 1.87. The third-order valence-electron chi connectivity index (χ3n) is 4.43. The molecule has 22 heavy (non-hydrogen) atoms. The molecule has 0 aromatic heterocycles. The van der Waals surface area contributed by atoms with Crippen molar-refractivity contribution in [2.24, 2.45) is 0 Å². The zero-order valence-electron chi connectivity index (χ0n) is 11.7. The van der Waals surface area contributed by atoms with Crippen LogP contribution in [-0.4, -0.2) is 4.21 Å². The molecule has 1 aliphatic heterocycles. The van der Waals surface area contributed by atoms with Gasteiger partial charge < -0.3 is 0 Å². The van der Waals surface area contributed by atoms with E-state index in [0.29, 0.717) is 0 Å². The van der Waals surface area contributed by atoms with Crippen LogP contribution in [-0.2, 0) is 10.8 Å². The number of benzene rings is 4. The largest absolute Gasteiger partial charge is 0.249 e. The highest BCUT2D eigenvalue weighted by Gasteiger charge is 2.28. The molecule has 4 aromatic carbocycles. The fourth-order valence-electron chi connectivity index (χ4n) is 3.45. The number of hydrogen-bond acceptors (Lipinski definition) is 1. The second-order valence-electron chi connectivity index (χ2n) is 5.59. The molecule has 0 aliphatic carbocycles. The topological polar surface area (TPSA) is 17.1 Å². The summed E-state index contributed by atoms with van der Waals surface area (Å²) in [6.45, 7) is 0. The molecule has 0 spiro atoms. The first-order valence-corrected chi connectivity index (χ1v) is 8.45. The normalized spacial score (nSPS) is 13.5. The van der Waals surface area contributed by atoms with E-state index >= 15 is 0 Å². The summed E-state index contributed by atoms with van der Waals surface area (Å²) < 4.78 is 12.9. The van der Waals surface area contributed by atoms with Gasteiger partial charge in [-0.25, -0.2) is 4.21 Å². The van der Waals surface area contributed by atoms with Gasteiger partial charge in [0.25, 0.3) is 0 Å². The Labute approximate surface area is 130 Å². The zero-order valence-corrected chi connectivity index (χ0v) is 12.6. The molecule has 4 aromatic rings. The first kappa shape index (κ1) is 12.1. The minimum Gasteiger partial charge on any atom is -0.249 e. The van der Waals surface area contributed by atoms with E-state index in [0.717, 1.165) is 20.9 Å². The summed E-state index contributed by atoms with van der Waals surface area (Å²) in [5, 5.41) is 4.75. The second kappa shape index (κ2) is 4.28. The van der Waals surface area contributed by atoms with Crippen molar-refractivity contribution in [1.29, 1.82) is 0 Å². The highest BCUT2D eigenvalue weighted by molar-refractivity contribution is 7.85. The van der Waals surface area contributed by atoms with Gasteiger partial charge in [-0.1, -0.05) is 60.7 Å². The van der Waals surface area contributed by atoms with Crippen molar-refractivity contribution in [2.45, 2.75) is 9.79 Å². The van der Waals surface area contributed by atoms with Gasteiger partial charge in [0.2, 0.25) is 0 Å². The van der Waals surface area contributed by atoms with Crippen LogP contribution >= 0.6 is 0 Å². The Hall–Kier alpha value is -2.45. The van der Waals surface area contributed by atoms with E-state index < -0.39 is 10.8 Å². The van der Waals surface area contributed by atoms with E-state index in [4.69, 9.17) is 0 Å². The van der Waals surface area contributed by atoms with Gasteiger partial charge in [0.1, 0.15) is 0 Å². The highest BCUT2D eigenvalue weighted by atomic mass is 32.2. The van der Waals surface area contributed by atoms with Crippen LogP contribution in [0.1, 0.15) is 0 Å². The quantitative estimate of drug-likeness (QED) is 0.387. The molecule has 0 bridgehead atoms. The summed E-state index contributed by atoms with van der Waals surface area (Å²) in [6, 6.07) is 24.8. The summed E-state index contributed by atoms with van der Waals surface area (Å²) in [5.74, 6) is 0. The van der Waals surface area contributed by atoms with Crippen molar-refractivity contribution >= 4 is 32.3 Å². The zero-order chi connectivity index (χ0) is 14.7. The molecular weight excluding hydrogens is 288 g/mol. The maximum atomic E-state index is 12.9. The van der Waals surface area contributed by atoms with Crippen molar-refractivity contribution in [3.8, 4) is 11.1 Å². The van der Waals surface area contributed by atoms with Crippen molar-refractivity contribution in [1.82, 2.24) is 0 Å². The summed E-state index contributed by atoms with van der Waals surface area (Å²) in [7, 11) is -1.08. The van der Waals surface area contributed by atoms with Crippen LogP contribution in [0, 0.1) is 0 Å². The molecule has 104 valence electrons. The molecule has 1 aliphatic rings. The first-order valence-electron chi connectivity index (χ1n) is 7.30. The fraction of sp³-hybridized carbons (Fsp3) is 0. The Morgan fingerprint density at radius 2 is 1.00 bits per heavy atom. The van der Waals surface area contributed by atoms with Gasteiger partial charge in [-0.3, -0.25) is 0 Å². The minimum absolute atomic E-state index is 0.935. The molecule has 1 heterocycles. The highest BCUT2D eigenvalue weighted by Crippen LogP contribution is 2.47. The molecule has 0 saturated heterocycles. The molecule has 1 nitrogen and oxygen atoms in total. The third kappa shape index (κ3) is 1.45. The molecule has 0 fully saturated rings. The van der Waals surface area contributed by atoms with E-state index in [2.05, 4.69) is 48.5 Å². The molecule has 0 atom stereocenters. The first-order chi connectivity index (χ1) is 10.8. The van der Waals surface area contributed by atoms with Crippen LogP contribution in [0.2, 0.25) is 0 Å². The Balaban J connectivity index is 2.05. The van der Waals surface area contributed by atoms with Gasteiger partial charge in [-0.2, -0.15) is 0 Å². The predicted molar refractivity (Wildman–Crippen MR) is 91.6 cm³/mol. The maximum Gasteiger partial charge on any atom is 0.0862 e. The van der Waals surface area contributed by atoms with Gasteiger partial charge in [-0.05, 0) is 33.7 Å². The SMILES string of the molecule is O=S1c2ccc3ccccc3c2-c2c1ccc1ccccc21. The molecule has 0 amide bonds. The third-order valence-corrected chi connectivity index (χ3v) is 5.91.